The molecule has 0 spiro atoms. The summed E-state index contributed by atoms with van der Waals surface area (Å²) in [4.78, 5) is 23.6. The molecule has 9 heteroatoms. The number of carboxylic acids is 1. The summed E-state index contributed by atoms with van der Waals surface area (Å²) in [5.41, 5.74) is 2.57. The summed E-state index contributed by atoms with van der Waals surface area (Å²) in [6.45, 7) is 3.98. The first-order valence-corrected chi connectivity index (χ1v) is 9.86. The van der Waals surface area contributed by atoms with E-state index in [4.69, 9.17) is 9.52 Å². The Balaban J connectivity index is 1.83. The van der Waals surface area contributed by atoms with Gasteiger partial charge in [-0.2, -0.15) is 4.31 Å². The SMILES string of the molecule is Cc1cc(C)cc(NC(=O)C2CCCN2S(=O)(=O)c2ccc(C(=O)O)o2)c1. The molecule has 1 saturated heterocycles. The van der Waals surface area contributed by atoms with E-state index >= 15 is 0 Å². The van der Waals surface area contributed by atoms with Gasteiger partial charge in [0.15, 0.2) is 0 Å². The summed E-state index contributed by atoms with van der Waals surface area (Å²) in [7, 11) is -4.11. The van der Waals surface area contributed by atoms with Gasteiger partial charge in [0, 0.05) is 12.2 Å². The molecule has 1 aromatic carbocycles. The summed E-state index contributed by atoms with van der Waals surface area (Å²) in [5.74, 6) is -2.25. The molecular formula is C18H20N2O6S. The quantitative estimate of drug-likeness (QED) is 0.807. The number of sulfonamides is 1. The third-order valence-corrected chi connectivity index (χ3v) is 6.13. The number of rotatable bonds is 5. The zero-order valence-corrected chi connectivity index (χ0v) is 15.7. The van der Waals surface area contributed by atoms with E-state index in [0.717, 1.165) is 27.6 Å². The Morgan fingerprint density at radius 2 is 1.85 bits per heavy atom. The van der Waals surface area contributed by atoms with E-state index in [0.29, 0.717) is 18.5 Å². The van der Waals surface area contributed by atoms with Crippen molar-refractivity contribution in [1.29, 1.82) is 0 Å². The largest absolute Gasteiger partial charge is 0.475 e. The van der Waals surface area contributed by atoms with Crippen LogP contribution in [0, 0.1) is 13.8 Å². The van der Waals surface area contributed by atoms with E-state index in [1.165, 1.54) is 0 Å². The van der Waals surface area contributed by atoms with Crippen LogP contribution in [0.3, 0.4) is 0 Å². The average molecular weight is 392 g/mol. The lowest BCUT2D eigenvalue weighted by atomic mass is 10.1. The van der Waals surface area contributed by atoms with Gasteiger partial charge < -0.3 is 14.8 Å². The number of carbonyl (C=O) groups is 2. The van der Waals surface area contributed by atoms with Crippen LogP contribution >= 0.6 is 0 Å². The van der Waals surface area contributed by atoms with Crippen molar-refractivity contribution < 1.29 is 27.5 Å². The molecule has 0 aliphatic carbocycles. The molecule has 0 radical (unpaired) electrons. The number of nitrogens with zero attached hydrogens (tertiary/aromatic N) is 1. The Hall–Kier alpha value is -2.65. The van der Waals surface area contributed by atoms with E-state index in [9.17, 15) is 18.0 Å². The number of carboxylic acid groups (broad SMARTS) is 1. The van der Waals surface area contributed by atoms with Crippen molar-refractivity contribution in [3.63, 3.8) is 0 Å². The number of nitrogens with one attached hydrogen (secondary N) is 1. The number of amides is 1. The minimum Gasteiger partial charge on any atom is -0.475 e. The third kappa shape index (κ3) is 3.88. The van der Waals surface area contributed by atoms with Crippen LogP contribution < -0.4 is 5.32 Å². The van der Waals surface area contributed by atoms with Gasteiger partial charge in [-0.1, -0.05) is 6.07 Å². The van der Waals surface area contributed by atoms with Crippen molar-refractivity contribution in [2.45, 2.75) is 37.8 Å². The molecule has 1 atom stereocenters. The van der Waals surface area contributed by atoms with Gasteiger partial charge in [0.2, 0.25) is 16.8 Å². The molecule has 1 fully saturated rings. The molecule has 1 aromatic heterocycles. The summed E-state index contributed by atoms with van der Waals surface area (Å²) in [6, 6.07) is 6.88. The van der Waals surface area contributed by atoms with Crippen LogP contribution in [0.1, 0.15) is 34.5 Å². The average Bonchev–Trinajstić information content (AvgIpc) is 3.24. The predicted octanol–water partition coefficient (Wildman–Crippen LogP) is 2.39. The fourth-order valence-corrected chi connectivity index (χ4v) is 4.82. The van der Waals surface area contributed by atoms with Crippen LogP contribution in [0.25, 0.3) is 0 Å². The summed E-state index contributed by atoms with van der Waals surface area (Å²) in [5, 5.41) is 11.2. The number of benzene rings is 1. The second-order valence-electron chi connectivity index (χ2n) is 6.56. The summed E-state index contributed by atoms with van der Waals surface area (Å²) in [6.07, 6.45) is 0.902. The van der Waals surface area contributed by atoms with E-state index in [1.54, 1.807) is 0 Å². The Labute approximate surface area is 156 Å². The van der Waals surface area contributed by atoms with Crippen LogP contribution in [0.4, 0.5) is 5.69 Å². The second-order valence-corrected chi connectivity index (χ2v) is 8.38. The molecule has 2 aromatic rings. The lowest BCUT2D eigenvalue weighted by molar-refractivity contribution is -0.119. The number of carbonyl (C=O) groups excluding carboxylic acids is 1. The van der Waals surface area contributed by atoms with Crippen LogP contribution in [0.15, 0.2) is 39.8 Å². The maximum atomic E-state index is 12.8. The highest BCUT2D eigenvalue weighted by Crippen LogP contribution is 2.28. The minimum atomic E-state index is -4.11. The fraction of sp³-hybridized carbons (Fsp3) is 0.333. The molecule has 2 heterocycles. The summed E-state index contributed by atoms with van der Waals surface area (Å²) >= 11 is 0. The molecule has 1 aliphatic rings. The summed E-state index contributed by atoms with van der Waals surface area (Å²) < 4.78 is 31.6. The first-order chi connectivity index (χ1) is 12.7. The predicted molar refractivity (Wildman–Crippen MR) is 97.1 cm³/mol. The van der Waals surface area contributed by atoms with Crippen LogP contribution in [0.2, 0.25) is 0 Å². The molecule has 1 aliphatic heterocycles. The third-order valence-electron chi connectivity index (χ3n) is 4.35. The van der Waals surface area contributed by atoms with Crippen molar-refractivity contribution in [2.75, 3.05) is 11.9 Å². The highest BCUT2D eigenvalue weighted by Gasteiger charge is 2.41. The lowest BCUT2D eigenvalue weighted by Crippen LogP contribution is -2.43. The Bertz CT molecular complexity index is 975. The fourth-order valence-electron chi connectivity index (χ4n) is 3.25. The van der Waals surface area contributed by atoms with Gasteiger partial charge in [-0.25, -0.2) is 13.2 Å². The Morgan fingerprint density at radius 3 is 2.44 bits per heavy atom. The van der Waals surface area contributed by atoms with Crippen molar-refractivity contribution in [3.05, 3.63) is 47.2 Å². The van der Waals surface area contributed by atoms with Gasteiger partial charge >= 0.3 is 5.97 Å². The number of hydrogen-bond acceptors (Lipinski definition) is 5. The molecule has 8 nitrogen and oxygen atoms in total. The minimum absolute atomic E-state index is 0.163. The van der Waals surface area contributed by atoms with Crippen LogP contribution in [0.5, 0.6) is 0 Å². The number of anilines is 1. The van der Waals surface area contributed by atoms with E-state index < -0.39 is 38.8 Å². The molecule has 0 saturated carbocycles. The molecule has 27 heavy (non-hydrogen) atoms. The molecular weight excluding hydrogens is 372 g/mol. The van der Waals surface area contributed by atoms with Gasteiger partial charge in [0.1, 0.15) is 6.04 Å². The van der Waals surface area contributed by atoms with Gasteiger partial charge in [0.05, 0.1) is 0 Å². The van der Waals surface area contributed by atoms with Crippen molar-refractivity contribution in [1.82, 2.24) is 4.31 Å². The maximum absolute atomic E-state index is 12.8. The van der Waals surface area contributed by atoms with E-state index in [2.05, 4.69) is 5.32 Å². The standard InChI is InChI=1S/C18H20N2O6S/c1-11-8-12(2)10-13(9-11)19-17(21)14-4-3-7-20(14)27(24,25)16-6-5-15(26-16)18(22)23/h5-6,8-10,14H,3-4,7H2,1-2H3,(H,19,21)(H,22,23). The highest BCUT2D eigenvalue weighted by molar-refractivity contribution is 7.89. The van der Waals surface area contributed by atoms with Crippen molar-refractivity contribution >= 4 is 27.6 Å². The maximum Gasteiger partial charge on any atom is 0.371 e. The first kappa shape index (κ1) is 19.1. The second kappa shape index (κ2) is 7.16. The van der Waals surface area contributed by atoms with Crippen LogP contribution in [-0.4, -0.2) is 42.3 Å². The number of aryl methyl sites for hydroxylation is 2. The zero-order valence-electron chi connectivity index (χ0n) is 14.9. The zero-order chi connectivity index (χ0) is 19.8. The molecule has 1 unspecified atom stereocenters. The smallest absolute Gasteiger partial charge is 0.371 e. The Morgan fingerprint density at radius 1 is 1.19 bits per heavy atom. The van der Waals surface area contributed by atoms with E-state index in [1.807, 2.05) is 32.0 Å². The number of hydrogen-bond donors (Lipinski definition) is 2. The van der Waals surface area contributed by atoms with Gasteiger partial charge in [-0.3, -0.25) is 4.79 Å². The molecule has 0 bridgehead atoms. The molecule has 1 amide bonds. The van der Waals surface area contributed by atoms with Gasteiger partial charge in [0.25, 0.3) is 10.0 Å². The van der Waals surface area contributed by atoms with Crippen molar-refractivity contribution in [3.8, 4) is 0 Å². The normalized spacial score (nSPS) is 17.8. The lowest BCUT2D eigenvalue weighted by Gasteiger charge is -2.22. The van der Waals surface area contributed by atoms with Gasteiger partial charge in [-0.15, -0.1) is 0 Å². The van der Waals surface area contributed by atoms with Crippen molar-refractivity contribution in [2.24, 2.45) is 0 Å². The monoisotopic (exact) mass is 392 g/mol. The molecule has 2 N–H and O–H groups in total. The highest BCUT2D eigenvalue weighted by atomic mass is 32.2. The molecule has 144 valence electrons. The molecule has 3 rings (SSSR count). The van der Waals surface area contributed by atoms with E-state index in [-0.39, 0.29) is 6.54 Å². The topological polar surface area (TPSA) is 117 Å². The van der Waals surface area contributed by atoms with Gasteiger partial charge in [-0.05, 0) is 62.1 Å². The van der Waals surface area contributed by atoms with Crippen LogP contribution in [-0.2, 0) is 14.8 Å². The Kier molecular flexibility index (Phi) is 5.07. The number of furan rings is 1. The first-order valence-electron chi connectivity index (χ1n) is 8.42. The number of aromatic carboxylic acids is 1.